The number of carbonyl (C=O) groups excluding carboxylic acids is 1. The van der Waals surface area contributed by atoms with E-state index in [1.807, 2.05) is 12.1 Å². The zero-order valence-electron chi connectivity index (χ0n) is 14.6. The molecule has 0 saturated carbocycles. The summed E-state index contributed by atoms with van der Waals surface area (Å²) in [4.78, 5) is 12.0. The number of ether oxygens (including phenoxy) is 1. The number of fused-ring (bicyclic) bond motifs is 3. The van der Waals surface area contributed by atoms with Crippen molar-refractivity contribution in [3.63, 3.8) is 0 Å². The van der Waals surface area contributed by atoms with Crippen molar-refractivity contribution in [1.82, 2.24) is 4.72 Å². The molecule has 3 aromatic rings. The van der Waals surface area contributed by atoms with E-state index in [-0.39, 0.29) is 10.8 Å². The van der Waals surface area contributed by atoms with Gasteiger partial charge in [-0.1, -0.05) is 19.9 Å². The molecule has 2 aromatic carbocycles. The van der Waals surface area contributed by atoms with Crippen LogP contribution in [-0.4, -0.2) is 27.5 Å². The normalized spacial score (nSPS) is 13.4. The quantitative estimate of drug-likeness (QED) is 0.513. The van der Waals surface area contributed by atoms with Crippen molar-refractivity contribution in [1.29, 1.82) is 0 Å². The summed E-state index contributed by atoms with van der Waals surface area (Å²) in [5.74, 6) is -0.855. The van der Waals surface area contributed by atoms with Crippen molar-refractivity contribution >= 4 is 53.2 Å². The fourth-order valence-electron chi connectivity index (χ4n) is 2.76. The van der Waals surface area contributed by atoms with Gasteiger partial charge in [-0.15, -0.1) is 11.3 Å². The average Bonchev–Trinajstić information content (AvgIpc) is 2.95. The van der Waals surface area contributed by atoms with Crippen molar-refractivity contribution in [3.8, 4) is 0 Å². The predicted octanol–water partition coefficient (Wildman–Crippen LogP) is 3.11. The van der Waals surface area contributed by atoms with Crippen LogP contribution in [0, 0.1) is 5.92 Å². The summed E-state index contributed by atoms with van der Waals surface area (Å²) in [6.45, 7) is 3.51. The van der Waals surface area contributed by atoms with Gasteiger partial charge in [-0.25, -0.2) is 8.42 Å². The number of rotatable bonds is 5. The molecule has 0 saturated heterocycles. The molecule has 1 aromatic heterocycles. The molecular formula is C18H20N2O4S2. The van der Waals surface area contributed by atoms with Crippen molar-refractivity contribution in [2.24, 2.45) is 5.92 Å². The average molecular weight is 393 g/mol. The van der Waals surface area contributed by atoms with Crippen molar-refractivity contribution in [2.45, 2.75) is 24.8 Å². The van der Waals surface area contributed by atoms with E-state index in [1.165, 1.54) is 13.2 Å². The van der Waals surface area contributed by atoms with Gasteiger partial charge in [-0.3, -0.25) is 4.79 Å². The highest BCUT2D eigenvalue weighted by Gasteiger charge is 2.29. The van der Waals surface area contributed by atoms with Crippen molar-refractivity contribution in [2.75, 3.05) is 12.8 Å². The number of thiophene rings is 1. The third-order valence-electron chi connectivity index (χ3n) is 4.18. The number of nitrogens with two attached hydrogens (primary N) is 1. The first-order chi connectivity index (χ1) is 12.2. The molecule has 1 atom stereocenters. The van der Waals surface area contributed by atoms with E-state index < -0.39 is 22.0 Å². The Hall–Kier alpha value is -2.16. The lowest BCUT2D eigenvalue weighted by Gasteiger charge is -2.19. The molecule has 0 fully saturated rings. The Morgan fingerprint density at radius 3 is 2.50 bits per heavy atom. The maximum Gasteiger partial charge on any atom is 0.324 e. The Kier molecular flexibility index (Phi) is 4.92. The fraction of sp³-hybridized carbons (Fsp3) is 0.278. The lowest BCUT2D eigenvalue weighted by atomic mass is 10.1. The molecule has 1 unspecified atom stereocenters. The second-order valence-corrected chi connectivity index (χ2v) is 9.18. The minimum Gasteiger partial charge on any atom is -0.468 e. The van der Waals surface area contributed by atoms with Gasteiger partial charge in [0.05, 0.1) is 12.0 Å². The highest BCUT2D eigenvalue weighted by Crippen LogP contribution is 2.36. The molecule has 8 heteroatoms. The molecule has 26 heavy (non-hydrogen) atoms. The third-order valence-corrected chi connectivity index (χ3v) is 6.75. The van der Waals surface area contributed by atoms with Crippen LogP contribution in [0.5, 0.6) is 0 Å². The number of methoxy groups -OCH3 is 1. The molecule has 0 aliphatic rings. The van der Waals surface area contributed by atoms with Crippen LogP contribution in [0.15, 0.2) is 41.3 Å². The molecule has 0 amide bonds. The molecule has 138 valence electrons. The van der Waals surface area contributed by atoms with E-state index in [1.54, 1.807) is 43.4 Å². The van der Waals surface area contributed by atoms with E-state index in [9.17, 15) is 13.2 Å². The van der Waals surface area contributed by atoms with Crippen LogP contribution in [0.3, 0.4) is 0 Å². The van der Waals surface area contributed by atoms with E-state index in [0.717, 1.165) is 20.2 Å². The summed E-state index contributed by atoms with van der Waals surface area (Å²) in [5.41, 5.74) is 6.49. The number of nitrogens with one attached hydrogen (secondary N) is 1. The Bertz CT molecular complexity index is 1090. The second-order valence-electron chi connectivity index (χ2n) is 6.38. The van der Waals surface area contributed by atoms with E-state index in [4.69, 9.17) is 10.5 Å². The van der Waals surface area contributed by atoms with Gasteiger partial charge in [-0.2, -0.15) is 4.72 Å². The van der Waals surface area contributed by atoms with Gasteiger partial charge in [-0.05, 0) is 36.2 Å². The van der Waals surface area contributed by atoms with Crippen LogP contribution in [0.25, 0.3) is 20.2 Å². The Labute approximate surface area is 156 Å². The summed E-state index contributed by atoms with van der Waals surface area (Å²) in [7, 11) is -2.64. The van der Waals surface area contributed by atoms with Gasteiger partial charge >= 0.3 is 5.97 Å². The highest BCUT2D eigenvalue weighted by atomic mass is 32.2. The molecular weight excluding hydrogens is 372 g/mol. The van der Waals surface area contributed by atoms with E-state index in [0.29, 0.717) is 5.69 Å². The van der Waals surface area contributed by atoms with Crippen LogP contribution >= 0.6 is 11.3 Å². The minimum atomic E-state index is -3.88. The molecule has 6 nitrogen and oxygen atoms in total. The highest BCUT2D eigenvalue weighted by molar-refractivity contribution is 7.89. The number of hydrogen-bond donors (Lipinski definition) is 2. The Morgan fingerprint density at radius 2 is 1.85 bits per heavy atom. The number of hydrogen-bond acceptors (Lipinski definition) is 6. The third kappa shape index (κ3) is 3.40. The van der Waals surface area contributed by atoms with Gasteiger partial charge in [0.1, 0.15) is 6.04 Å². The van der Waals surface area contributed by atoms with Gasteiger partial charge in [0.2, 0.25) is 10.0 Å². The molecule has 0 aliphatic heterocycles. The first kappa shape index (κ1) is 18.6. The van der Waals surface area contributed by atoms with Crippen molar-refractivity contribution in [3.05, 3.63) is 36.4 Å². The lowest BCUT2D eigenvalue weighted by molar-refractivity contribution is -0.143. The zero-order chi connectivity index (χ0) is 19.1. The van der Waals surface area contributed by atoms with E-state index in [2.05, 4.69) is 4.72 Å². The number of carbonyl (C=O) groups is 1. The van der Waals surface area contributed by atoms with Gasteiger partial charge in [0.25, 0.3) is 0 Å². The van der Waals surface area contributed by atoms with Gasteiger partial charge in [0, 0.05) is 25.9 Å². The number of nitrogen functional groups attached to an aromatic ring is 1. The summed E-state index contributed by atoms with van der Waals surface area (Å²) in [6.07, 6.45) is 0. The summed E-state index contributed by atoms with van der Waals surface area (Å²) in [5, 5.41) is 1.79. The second kappa shape index (κ2) is 6.86. The van der Waals surface area contributed by atoms with Crippen LogP contribution in [0.2, 0.25) is 0 Å². The summed E-state index contributed by atoms with van der Waals surface area (Å²) >= 11 is 1.55. The molecule has 0 aliphatic carbocycles. The first-order valence-electron chi connectivity index (χ1n) is 8.05. The van der Waals surface area contributed by atoms with Crippen LogP contribution < -0.4 is 10.5 Å². The van der Waals surface area contributed by atoms with Crippen molar-refractivity contribution < 1.29 is 17.9 Å². The number of sulfonamides is 1. The number of esters is 1. The molecule has 0 bridgehead atoms. The largest absolute Gasteiger partial charge is 0.468 e. The number of anilines is 1. The number of benzene rings is 2. The zero-order valence-corrected chi connectivity index (χ0v) is 16.3. The lowest BCUT2D eigenvalue weighted by Crippen LogP contribution is -2.44. The van der Waals surface area contributed by atoms with Gasteiger partial charge < -0.3 is 10.5 Å². The van der Waals surface area contributed by atoms with Gasteiger partial charge in [0.15, 0.2) is 0 Å². The maximum absolute atomic E-state index is 12.8. The first-order valence-corrected chi connectivity index (χ1v) is 10.3. The van der Waals surface area contributed by atoms with Crippen LogP contribution in [0.4, 0.5) is 5.69 Å². The topological polar surface area (TPSA) is 98.5 Å². The SMILES string of the molecule is COC(=O)C(NS(=O)(=O)c1ccc2sc3cc(N)ccc3c2c1)C(C)C. The smallest absolute Gasteiger partial charge is 0.324 e. The maximum atomic E-state index is 12.8. The minimum absolute atomic E-state index is 0.107. The predicted molar refractivity (Wildman–Crippen MR) is 105 cm³/mol. The Balaban J connectivity index is 2.06. The standard InChI is InChI=1S/C18H20N2O4S2/c1-10(2)17(18(21)24-3)20-26(22,23)12-5-7-15-14(9-12)13-6-4-11(19)8-16(13)25-15/h4-10,17,20H,19H2,1-3H3. The summed E-state index contributed by atoms with van der Waals surface area (Å²) < 4.78 is 34.7. The molecule has 1 heterocycles. The van der Waals surface area contributed by atoms with Crippen LogP contribution in [0.1, 0.15) is 13.8 Å². The molecule has 3 N–H and O–H groups in total. The van der Waals surface area contributed by atoms with Crippen LogP contribution in [-0.2, 0) is 19.6 Å². The fourth-order valence-corrected chi connectivity index (χ4v) is 5.25. The molecule has 3 rings (SSSR count). The molecule has 0 spiro atoms. The summed E-state index contributed by atoms with van der Waals surface area (Å²) in [6, 6.07) is 9.55. The monoisotopic (exact) mass is 392 g/mol. The molecule has 0 radical (unpaired) electrons. The van der Waals surface area contributed by atoms with E-state index >= 15 is 0 Å². The Morgan fingerprint density at radius 1 is 1.12 bits per heavy atom.